The van der Waals surface area contributed by atoms with Crippen LogP contribution >= 0.6 is 0 Å². The van der Waals surface area contributed by atoms with Crippen molar-refractivity contribution in [3.05, 3.63) is 53.1 Å². The molecule has 2 aromatic carbocycles. The van der Waals surface area contributed by atoms with Crippen molar-refractivity contribution in [2.75, 3.05) is 19.5 Å². The van der Waals surface area contributed by atoms with Gasteiger partial charge < -0.3 is 19.5 Å². The van der Waals surface area contributed by atoms with E-state index in [1.165, 1.54) is 19.8 Å². The van der Waals surface area contributed by atoms with Crippen molar-refractivity contribution in [2.45, 2.75) is 26.0 Å². The van der Waals surface area contributed by atoms with Gasteiger partial charge in [0, 0.05) is 11.3 Å². The van der Waals surface area contributed by atoms with E-state index in [1.807, 2.05) is 18.2 Å². The van der Waals surface area contributed by atoms with Gasteiger partial charge in [-0.25, -0.2) is 4.79 Å². The lowest BCUT2D eigenvalue weighted by atomic mass is 10.0. The second-order valence-electron chi connectivity index (χ2n) is 5.97. The van der Waals surface area contributed by atoms with Crippen molar-refractivity contribution >= 4 is 11.7 Å². The van der Waals surface area contributed by atoms with Crippen LogP contribution < -0.4 is 14.8 Å². The maximum atomic E-state index is 12.3. The van der Waals surface area contributed by atoms with Crippen molar-refractivity contribution < 1.29 is 19.0 Å². The Balaban J connectivity index is 1.89. The second-order valence-corrected chi connectivity index (χ2v) is 5.97. The number of carbonyl (C=O) groups is 1. The van der Waals surface area contributed by atoms with E-state index in [2.05, 4.69) is 31.3 Å². The lowest BCUT2D eigenvalue weighted by molar-refractivity contribution is 0.0435. The van der Waals surface area contributed by atoms with Crippen molar-refractivity contribution in [3.8, 4) is 11.5 Å². The first-order valence-corrected chi connectivity index (χ1v) is 7.87. The van der Waals surface area contributed by atoms with Gasteiger partial charge in [-0.05, 0) is 35.7 Å². The molecule has 2 aromatic rings. The summed E-state index contributed by atoms with van der Waals surface area (Å²) in [6.45, 7) is 4.30. The van der Waals surface area contributed by atoms with Gasteiger partial charge >= 0.3 is 5.97 Å². The molecule has 0 aromatic heterocycles. The zero-order valence-electron chi connectivity index (χ0n) is 14.3. The third kappa shape index (κ3) is 2.77. The normalized spacial score (nSPS) is 15.9. The monoisotopic (exact) mass is 327 g/mol. The summed E-state index contributed by atoms with van der Waals surface area (Å²) in [5.74, 6) is 0.965. The number of anilines is 1. The van der Waals surface area contributed by atoms with E-state index < -0.39 is 12.2 Å². The molecule has 0 amide bonds. The Morgan fingerprint density at radius 1 is 1.04 bits per heavy atom. The van der Waals surface area contributed by atoms with Crippen LogP contribution in [0.2, 0.25) is 0 Å². The van der Waals surface area contributed by atoms with Crippen LogP contribution in [-0.4, -0.2) is 20.2 Å². The van der Waals surface area contributed by atoms with E-state index in [1.54, 1.807) is 6.07 Å². The molecule has 0 fully saturated rings. The average Bonchev–Trinajstić information content (AvgIpc) is 2.90. The summed E-state index contributed by atoms with van der Waals surface area (Å²) < 4.78 is 16.1. The molecule has 0 spiro atoms. The maximum Gasteiger partial charge on any atom is 0.344 e. The van der Waals surface area contributed by atoms with Gasteiger partial charge in [0.2, 0.25) is 6.23 Å². The highest BCUT2D eigenvalue weighted by molar-refractivity contribution is 5.98. The first kappa shape index (κ1) is 16.2. The minimum atomic E-state index is -0.544. The largest absolute Gasteiger partial charge is 0.493 e. The van der Waals surface area contributed by atoms with Crippen LogP contribution in [0.3, 0.4) is 0 Å². The van der Waals surface area contributed by atoms with Gasteiger partial charge in [-0.2, -0.15) is 0 Å². The number of ether oxygens (including phenoxy) is 3. The summed E-state index contributed by atoms with van der Waals surface area (Å²) in [7, 11) is 3.05. The van der Waals surface area contributed by atoms with E-state index in [0.717, 1.165) is 11.3 Å². The summed E-state index contributed by atoms with van der Waals surface area (Å²) in [5.41, 5.74) is 3.30. The molecule has 0 saturated carbocycles. The molecule has 1 N–H and O–H groups in total. The van der Waals surface area contributed by atoms with E-state index >= 15 is 0 Å². The minimum Gasteiger partial charge on any atom is -0.493 e. The van der Waals surface area contributed by atoms with Crippen LogP contribution in [0.15, 0.2) is 36.4 Å². The number of methoxy groups -OCH3 is 2. The number of hydrogen-bond acceptors (Lipinski definition) is 5. The van der Waals surface area contributed by atoms with Crippen LogP contribution in [0.4, 0.5) is 5.69 Å². The van der Waals surface area contributed by atoms with Gasteiger partial charge in [0.25, 0.3) is 0 Å². The molecule has 0 bridgehead atoms. The standard InChI is InChI=1S/C19H21NO4/c1-11(2)12-5-7-13(8-6-12)20-18-14-9-10-15(22-3)17(23-4)16(14)19(21)24-18/h5-11,18,20H,1-4H3. The lowest BCUT2D eigenvalue weighted by Crippen LogP contribution is -2.10. The highest BCUT2D eigenvalue weighted by Gasteiger charge is 2.35. The van der Waals surface area contributed by atoms with Gasteiger partial charge in [0.1, 0.15) is 5.56 Å². The molecule has 1 aliphatic heterocycles. The second kappa shape index (κ2) is 6.43. The molecular formula is C19H21NO4. The zero-order valence-corrected chi connectivity index (χ0v) is 14.3. The van der Waals surface area contributed by atoms with Gasteiger partial charge in [0.05, 0.1) is 14.2 Å². The Hall–Kier alpha value is -2.69. The Morgan fingerprint density at radius 3 is 2.33 bits per heavy atom. The summed E-state index contributed by atoms with van der Waals surface area (Å²) in [6, 6.07) is 11.7. The first-order valence-electron chi connectivity index (χ1n) is 7.87. The molecule has 0 saturated heterocycles. The van der Waals surface area contributed by atoms with E-state index in [-0.39, 0.29) is 0 Å². The van der Waals surface area contributed by atoms with Crippen molar-refractivity contribution in [1.82, 2.24) is 0 Å². The number of rotatable bonds is 5. The molecule has 3 rings (SSSR count). The Labute approximate surface area is 141 Å². The number of carbonyl (C=O) groups excluding carboxylic acids is 1. The topological polar surface area (TPSA) is 56.8 Å². The predicted octanol–water partition coefficient (Wildman–Crippen LogP) is 4.11. The number of esters is 1. The first-order chi connectivity index (χ1) is 11.5. The van der Waals surface area contributed by atoms with Crippen molar-refractivity contribution in [3.63, 3.8) is 0 Å². The lowest BCUT2D eigenvalue weighted by Gasteiger charge is -2.16. The highest BCUT2D eigenvalue weighted by atomic mass is 16.6. The van der Waals surface area contributed by atoms with E-state index in [0.29, 0.717) is 23.0 Å². The number of fused-ring (bicyclic) bond motifs is 1. The van der Waals surface area contributed by atoms with E-state index in [9.17, 15) is 4.79 Å². The van der Waals surface area contributed by atoms with Crippen LogP contribution in [0, 0.1) is 0 Å². The molecule has 126 valence electrons. The third-order valence-electron chi connectivity index (χ3n) is 4.16. The van der Waals surface area contributed by atoms with Crippen molar-refractivity contribution in [2.24, 2.45) is 0 Å². The zero-order chi connectivity index (χ0) is 17.3. The van der Waals surface area contributed by atoms with Gasteiger partial charge in [-0.15, -0.1) is 0 Å². The predicted molar refractivity (Wildman–Crippen MR) is 91.9 cm³/mol. The summed E-state index contributed by atoms with van der Waals surface area (Å²) in [4.78, 5) is 12.3. The quantitative estimate of drug-likeness (QED) is 0.838. The van der Waals surface area contributed by atoms with Crippen LogP contribution in [0.1, 0.15) is 47.5 Å². The SMILES string of the molecule is COc1ccc2c(c1OC)C(=O)OC2Nc1ccc(C(C)C)cc1. The number of hydrogen-bond donors (Lipinski definition) is 1. The molecule has 0 radical (unpaired) electrons. The van der Waals surface area contributed by atoms with Crippen molar-refractivity contribution in [1.29, 1.82) is 0 Å². The molecular weight excluding hydrogens is 306 g/mol. The Morgan fingerprint density at radius 2 is 1.75 bits per heavy atom. The summed E-state index contributed by atoms with van der Waals surface area (Å²) in [5, 5.41) is 3.24. The molecule has 1 aliphatic rings. The fraction of sp³-hybridized carbons (Fsp3) is 0.316. The smallest absolute Gasteiger partial charge is 0.344 e. The van der Waals surface area contributed by atoms with Crippen LogP contribution in [0.5, 0.6) is 11.5 Å². The molecule has 5 heteroatoms. The van der Waals surface area contributed by atoms with Gasteiger partial charge in [0.15, 0.2) is 11.5 Å². The maximum absolute atomic E-state index is 12.3. The Kier molecular flexibility index (Phi) is 4.34. The minimum absolute atomic E-state index is 0.402. The Bertz CT molecular complexity index is 753. The molecule has 1 unspecified atom stereocenters. The molecule has 5 nitrogen and oxygen atoms in total. The summed E-state index contributed by atoms with van der Waals surface area (Å²) >= 11 is 0. The average molecular weight is 327 g/mol. The van der Waals surface area contributed by atoms with E-state index in [4.69, 9.17) is 14.2 Å². The highest BCUT2D eigenvalue weighted by Crippen LogP contribution is 2.42. The number of benzene rings is 2. The summed E-state index contributed by atoms with van der Waals surface area (Å²) in [6.07, 6.45) is -0.544. The fourth-order valence-electron chi connectivity index (χ4n) is 2.82. The fourth-order valence-corrected chi connectivity index (χ4v) is 2.82. The number of nitrogens with one attached hydrogen (secondary N) is 1. The van der Waals surface area contributed by atoms with Crippen LogP contribution in [0.25, 0.3) is 0 Å². The number of cyclic esters (lactones) is 1. The molecule has 1 heterocycles. The molecule has 24 heavy (non-hydrogen) atoms. The molecule has 0 aliphatic carbocycles. The van der Waals surface area contributed by atoms with Gasteiger partial charge in [-0.3, -0.25) is 0 Å². The third-order valence-corrected chi connectivity index (χ3v) is 4.16. The van der Waals surface area contributed by atoms with Crippen LogP contribution in [-0.2, 0) is 4.74 Å². The molecule has 1 atom stereocenters. The van der Waals surface area contributed by atoms with Gasteiger partial charge in [-0.1, -0.05) is 26.0 Å².